The molecule has 2 saturated heterocycles. The van der Waals surface area contributed by atoms with Crippen LogP contribution in [0, 0.1) is 0 Å². The van der Waals surface area contributed by atoms with Gasteiger partial charge < -0.3 is 35.1 Å². The number of likely N-dealkylation sites (tertiary alicyclic amines) is 1. The second-order valence-electron chi connectivity index (χ2n) is 12.1. The van der Waals surface area contributed by atoms with Crippen molar-refractivity contribution < 1.29 is 19.1 Å². The summed E-state index contributed by atoms with van der Waals surface area (Å²) in [6.07, 6.45) is 6.93. The number of amides is 3. The summed E-state index contributed by atoms with van der Waals surface area (Å²) >= 11 is 0. The van der Waals surface area contributed by atoms with Crippen LogP contribution in [0.2, 0.25) is 0 Å². The molecule has 240 valence electrons. The second-order valence-corrected chi connectivity index (χ2v) is 12.1. The highest BCUT2D eigenvalue weighted by Gasteiger charge is 2.54. The lowest BCUT2D eigenvalue weighted by molar-refractivity contribution is -0.141. The van der Waals surface area contributed by atoms with Crippen LogP contribution in [0.1, 0.15) is 43.9 Å². The Labute approximate surface area is 265 Å². The van der Waals surface area contributed by atoms with Gasteiger partial charge in [0.05, 0.1) is 26.1 Å². The summed E-state index contributed by atoms with van der Waals surface area (Å²) in [6.45, 7) is 4.21. The number of aryl methyl sites for hydroxylation is 1. The van der Waals surface area contributed by atoms with E-state index in [9.17, 15) is 14.4 Å². The van der Waals surface area contributed by atoms with Gasteiger partial charge in [0, 0.05) is 57.1 Å². The van der Waals surface area contributed by atoms with Crippen molar-refractivity contribution >= 4 is 23.4 Å². The first-order chi connectivity index (χ1) is 21.8. The van der Waals surface area contributed by atoms with Crippen molar-refractivity contribution in [2.45, 2.75) is 63.1 Å². The SMILES string of the molecule is CCCCN1CN(c2ccccc2)C2(CCN(C(=O)[C@@H](Cc3ccc(OC)cc3)NC(=O)[C@@H](N)Cc3cncn3C)CC2)C1=O. The Kier molecular flexibility index (Phi) is 10.1. The molecule has 0 radical (unpaired) electrons. The molecule has 2 fully saturated rings. The van der Waals surface area contributed by atoms with Crippen LogP contribution in [0.5, 0.6) is 5.75 Å². The Hall–Kier alpha value is -4.38. The van der Waals surface area contributed by atoms with Crippen molar-refractivity contribution in [1.29, 1.82) is 0 Å². The summed E-state index contributed by atoms with van der Waals surface area (Å²) in [6, 6.07) is 15.9. The van der Waals surface area contributed by atoms with Crippen molar-refractivity contribution in [2.75, 3.05) is 38.3 Å². The van der Waals surface area contributed by atoms with Gasteiger partial charge in [-0.3, -0.25) is 14.4 Å². The quantitative estimate of drug-likeness (QED) is 0.321. The molecule has 2 aromatic carbocycles. The largest absolute Gasteiger partial charge is 0.497 e. The highest BCUT2D eigenvalue weighted by atomic mass is 16.5. The maximum Gasteiger partial charge on any atom is 0.250 e. The predicted molar refractivity (Wildman–Crippen MR) is 172 cm³/mol. The summed E-state index contributed by atoms with van der Waals surface area (Å²) in [5, 5.41) is 2.96. The highest BCUT2D eigenvalue weighted by Crippen LogP contribution is 2.39. The monoisotopic (exact) mass is 615 g/mol. The van der Waals surface area contributed by atoms with Crippen LogP contribution >= 0.6 is 0 Å². The molecule has 0 saturated carbocycles. The lowest BCUT2D eigenvalue weighted by Gasteiger charge is -2.44. The van der Waals surface area contributed by atoms with E-state index >= 15 is 0 Å². The van der Waals surface area contributed by atoms with Crippen LogP contribution in [-0.4, -0.2) is 88.1 Å². The zero-order valence-corrected chi connectivity index (χ0v) is 26.5. The molecule has 45 heavy (non-hydrogen) atoms. The number of anilines is 1. The normalized spacial score (nSPS) is 17.4. The van der Waals surface area contributed by atoms with Gasteiger partial charge in [-0.25, -0.2) is 4.98 Å². The number of rotatable bonds is 12. The molecule has 0 unspecified atom stereocenters. The van der Waals surface area contributed by atoms with E-state index in [1.54, 1.807) is 24.5 Å². The lowest BCUT2D eigenvalue weighted by Crippen LogP contribution is -2.60. The first-order valence-electron chi connectivity index (χ1n) is 15.8. The maximum atomic E-state index is 14.1. The van der Waals surface area contributed by atoms with Crippen LogP contribution < -0.4 is 20.7 Å². The van der Waals surface area contributed by atoms with E-state index in [1.165, 1.54) is 0 Å². The van der Waals surface area contributed by atoms with Gasteiger partial charge in [0.25, 0.3) is 0 Å². The van der Waals surface area contributed by atoms with Gasteiger partial charge in [0.2, 0.25) is 17.7 Å². The van der Waals surface area contributed by atoms with Crippen molar-refractivity contribution in [1.82, 2.24) is 24.7 Å². The van der Waals surface area contributed by atoms with Gasteiger partial charge in [-0.15, -0.1) is 0 Å². The molecule has 11 nitrogen and oxygen atoms in total. The molecule has 1 spiro atoms. The van der Waals surface area contributed by atoms with Crippen LogP contribution in [0.15, 0.2) is 67.1 Å². The minimum absolute atomic E-state index is 0.135. The highest BCUT2D eigenvalue weighted by molar-refractivity contribution is 5.94. The third-order valence-electron chi connectivity index (χ3n) is 9.16. The van der Waals surface area contributed by atoms with Crippen molar-refractivity contribution in [3.05, 3.63) is 78.4 Å². The van der Waals surface area contributed by atoms with Gasteiger partial charge in [-0.1, -0.05) is 43.7 Å². The molecule has 0 bridgehead atoms. The minimum Gasteiger partial charge on any atom is -0.497 e. The number of nitrogens with zero attached hydrogens (tertiary/aromatic N) is 5. The average Bonchev–Trinajstić information content (AvgIpc) is 3.59. The first kappa shape index (κ1) is 32.0. The van der Waals surface area contributed by atoms with Crippen molar-refractivity contribution in [3.63, 3.8) is 0 Å². The van der Waals surface area contributed by atoms with Crippen LogP contribution in [0.3, 0.4) is 0 Å². The number of methoxy groups -OCH3 is 1. The molecule has 3 heterocycles. The van der Waals surface area contributed by atoms with Crippen LogP contribution in [0.25, 0.3) is 0 Å². The summed E-state index contributed by atoms with van der Waals surface area (Å²) in [4.78, 5) is 51.5. The van der Waals surface area contributed by atoms with Gasteiger partial charge >= 0.3 is 0 Å². The molecule has 0 aliphatic carbocycles. The molecule has 2 atom stereocenters. The number of ether oxygens (including phenoxy) is 1. The molecule has 5 rings (SSSR count). The van der Waals surface area contributed by atoms with E-state index in [2.05, 4.69) is 22.1 Å². The average molecular weight is 616 g/mol. The van der Waals surface area contributed by atoms with Gasteiger partial charge in [-0.2, -0.15) is 0 Å². The van der Waals surface area contributed by atoms with E-state index in [-0.39, 0.29) is 11.8 Å². The summed E-state index contributed by atoms with van der Waals surface area (Å²) in [5.74, 6) is 0.268. The number of nitrogens with one attached hydrogen (secondary N) is 1. The Morgan fingerprint density at radius 3 is 2.40 bits per heavy atom. The summed E-state index contributed by atoms with van der Waals surface area (Å²) in [7, 11) is 3.45. The van der Waals surface area contributed by atoms with E-state index in [0.717, 1.165) is 36.3 Å². The Morgan fingerprint density at radius 2 is 1.78 bits per heavy atom. The molecule has 2 aliphatic heterocycles. The number of para-hydroxylation sites is 1. The number of aromatic nitrogens is 2. The van der Waals surface area contributed by atoms with Crippen molar-refractivity contribution in [2.24, 2.45) is 12.8 Å². The van der Waals surface area contributed by atoms with Crippen LogP contribution in [0.4, 0.5) is 5.69 Å². The zero-order chi connectivity index (χ0) is 32.0. The van der Waals surface area contributed by atoms with Gasteiger partial charge in [0.1, 0.15) is 17.3 Å². The fourth-order valence-corrected chi connectivity index (χ4v) is 6.41. The van der Waals surface area contributed by atoms with Crippen molar-refractivity contribution in [3.8, 4) is 5.75 Å². The van der Waals surface area contributed by atoms with E-state index < -0.39 is 23.5 Å². The third-order valence-corrected chi connectivity index (χ3v) is 9.16. The summed E-state index contributed by atoms with van der Waals surface area (Å²) < 4.78 is 7.12. The topological polar surface area (TPSA) is 126 Å². The number of nitrogens with two attached hydrogens (primary N) is 1. The molecule has 3 N–H and O–H groups in total. The molecule has 11 heteroatoms. The number of benzene rings is 2. The van der Waals surface area contributed by atoms with E-state index in [1.807, 2.05) is 71.1 Å². The molecule has 3 aromatic rings. The number of unbranched alkanes of at least 4 members (excludes halogenated alkanes) is 1. The zero-order valence-electron chi connectivity index (χ0n) is 26.5. The number of piperidine rings is 1. The molecular formula is C34H45N7O4. The number of carbonyl (C=O) groups excluding carboxylic acids is 3. The first-order valence-corrected chi connectivity index (χ1v) is 15.8. The Morgan fingerprint density at radius 1 is 1.07 bits per heavy atom. The van der Waals surface area contributed by atoms with E-state index in [0.29, 0.717) is 51.2 Å². The van der Waals surface area contributed by atoms with Crippen LogP contribution in [-0.2, 0) is 34.3 Å². The fraction of sp³-hybridized carbons (Fsp3) is 0.471. The van der Waals surface area contributed by atoms with Gasteiger partial charge in [0.15, 0.2) is 0 Å². The second kappa shape index (κ2) is 14.2. The number of imidazole rings is 1. The molecule has 2 aliphatic rings. The van der Waals surface area contributed by atoms with E-state index in [4.69, 9.17) is 10.5 Å². The lowest BCUT2D eigenvalue weighted by atomic mass is 9.85. The van der Waals surface area contributed by atoms with Gasteiger partial charge in [-0.05, 0) is 49.1 Å². The predicted octanol–water partition coefficient (Wildman–Crippen LogP) is 2.49. The Bertz CT molecular complexity index is 1450. The standard InChI is InChI=1S/C34H45N7O4/c1-4-5-17-40-24-41(26-9-7-6-8-10-26)34(33(40)44)15-18-39(19-16-34)32(43)30(20-25-11-13-28(45-3)14-12-25)37-31(42)29(35)21-27-22-36-23-38(27)2/h6-14,22-23,29-30H,4-5,15-21,24,35H2,1-3H3,(H,37,42)/t29-,30+/m0/s1. The summed E-state index contributed by atoms with van der Waals surface area (Å²) in [5.41, 5.74) is 8.33. The number of carbonyl (C=O) groups is 3. The smallest absolute Gasteiger partial charge is 0.250 e. The number of hydrogen-bond acceptors (Lipinski definition) is 7. The fourth-order valence-electron chi connectivity index (χ4n) is 6.41. The molecule has 3 amide bonds. The maximum absolute atomic E-state index is 14.1. The molecular weight excluding hydrogens is 570 g/mol. The Balaban J connectivity index is 1.33. The molecule has 1 aromatic heterocycles. The minimum atomic E-state index is -0.846. The third kappa shape index (κ3) is 6.98. The number of hydrogen-bond donors (Lipinski definition) is 2.